The van der Waals surface area contributed by atoms with Crippen molar-refractivity contribution in [2.75, 3.05) is 5.32 Å². The first-order valence-electron chi connectivity index (χ1n) is 4.70. The number of aryl methyl sites for hydroxylation is 2. The highest BCUT2D eigenvalue weighted by Gasteiger charge is 2.03. The summed E-state index contributed by atoms with van der Waals surface area (Å²) >= 11 is 3.54. The first-order valence-corrected chi connectivity index (χ1v) is 5.50. The molecule has 2 rings (SSSR count). The smallest absolute Gasteiger partial charge is 0.204 e. The fourth-order valence-corrected chi connectivity index (χ4v) is 1.71. The molecule has 0 saturated carbocycles. The van der Waals surface area contributed by atoms with Crippen LogP contribution in [0.1, 0.15) is 11.3 Å². The molecule has 3 nitrogen and oxygen atoms in total. The van der Waals surface area contributed by atoms with Crippen LogP contribution in [0.15, 0.2) is 28.9 Å². The van der Waals surface area contributed by atoms with Gasteiger partial charge in [-0.3, -0.25) is 0 Å². The van der Waals surface area contributed by atoms with E-state index >= 15 is 0 Å². The van der Waals surface area contributed by atoms with E-state index in [1.807, 2.05) is 19.1 Å². The SMILES string of the molecule is Cc1cnc(Nc2cccc(C)c2Br)[nH]1. The van der Waals surface area contributed by atoms with Gasteiger partial charge in [-0.1, -0.05) is 12.1 Å². The number of aromatic nitrogens is 2. The van der Waals surface area contributed by atoms with Gasteiger partial charge in [0.15, 0.2) is 0 Å². The molecule has 4 heteroatoms. The molecule has 78 valence electrons. The molecule has 0 radical (unpaired) electrons. The standard InChI is InChI=1S/C11H12BrN3/c1-7-4-3-5-9(10(7)12)15-11-13-6-8(2)14-11/h3-6H,1-2H3,(H2,13,14,15). The van der Waals surface area contributed by atoms with E-state index in [1.54, 1.807) is 6.20 Å². The number of imidazole rings is 1. The minimum atomic E-state index is 0.763. The molecular formula is C11H12BrN3. The van der Waals surface area contributed by atoms with Crippen molar-refractivity contribution in [1.29, 1.82) is 0 Å². The van der Waals surface area contributed by atoms with Crippen LogP contribution in [0.2, 0.25) is 0 Å². The van der Waals surface area contributed by atoms with Crippen LogP contribution in [-0.2, 0) is 0 Å². The molecule has 0 atom stereocenters. The Morgan fingerprint density at radius 1 is 1.33 bits per heavy atom. The predicted molar refractivity (Wildman–Crippen MR) is 65.5 cm³/mol. The number of halogens is 1. The summed E-state index contributed by atoms with van der Waals surface area (Å²) in [5, 5.41) is 3.22. The Balaban J connectivity index is 2.28. The van der Waals surface area contributed by atoms with E-state index in [4.69, 9.17) is 0 Å². The number of hydrogen-bond acceptors (Lipinski definition) is 2. The summed E-state index contributed by atoms with van der Waals surface area (Å²) < 4.78 is 1.07. The van der Waals surface area contributed by atoms with E-state index in [0.29, 0.717) is 0 Å². The van der Waals surface area contributed by atoms with Crippen LogP contribution >= 0.6 is 15.9 Å². The molecule has 1 heterocycles. The van der Waals surface area contributed by atoms with Crippen molar-refractivity contribution in [3.8, 4) is 0 Å². The highest BCUT2D eigenvalue weighted by atomic mass is 79.9. The van der Waals surface area contributed by atoms with Crippen LogP contribution in [0.3, 0.4) is 0 Å². The van der Waals surface area contributed by atoms with Gasteiger partial charge in [0.25, 0.3) is 0 Å². The summed E-state index contributed by atoms with van der Waals surface area (Å²) in [7, 11) is 0. The molecular weight excluding hydrogens is 254 g/mol. The normalized spacial score (nSPS) is 10.3. The molecule has 0 fully saturated rings. The van der Waals surface area contributed by atoms with Crippen molar-refractivity contribution in [3.63, 3.8) is 0 Å². The number of anilines is 2. The van der Waals surface area contributed by atoms with Gasteiger partial charge in [-0.05, 0) is 41.4 Å². The van der Waals surface area contributed by atoms with Crippen molar-refractivity contribution < 1.29 is 0 Å². The van der Waals surface area contributed by atoms with Crippen LogP contribution < -0.4 is 5.32 Å². The molecule has 0 saturated heterocycles. The zero-order valence-corrected chi connectivity index (χ0v) is 10.2. The maximum absolute atomic E-state index is 4.19. The van der Waals surface area contributed by atoms with E-state index in [1.165, 1.54) is 5.56 Å². The second-order valence-electron chi connectivity index (χ2n) is 3.48. The Morgan fingerprint density at radius 3 is 2.80 bits per heavy atom. The summed E-state index contributed by atoms with van der Waals surface area (Å²) in [4.78, 5) is 7.32. The van der Waals surface area contributed by atoms with Crippen LogP contribution in [0.4, 0.5) is 11.6 Å². The Kier molecular flexibility index (Phi) is 2.77. The monoisotopic (exact) mass is 265 g/mol. The third-order valence-corrected chi connectivity index (χ3v) is 3.20. The highest BCUT2D eigenvalue weighted by Crippen LogP contribution is 2.27. The lowest BCUT2D eigenvalue weighted by atomic mass is 10.2. The predicted octanol–water partition coefficient (Wildman–Crippen LogP) is 3.53. The number of nitrogens with one attached hydrogen (secondary N) is 2. The Labute approximate surface area is 97.1 Å². The fourth-order valence-electron chi connectivity index (χ4n) is 1.35. The van der Waals surface area contributed by atoms with Crippen molar-refractivity contribution in [2.24, 2.45) is 0 Å². The number of rotatable bonds is 2. The second-order valence-corrected chi connectivity index (χ2v) is 4.27. The zero-order valence-electron chi connectivity index (χ0n) is 8.63. The summed E-state index contributed by atoms with van der Waals surface area (Å²) in [6, 6.07) is 6.08. The van der Waals surface area contributed by atoms with E-state index in [-0.39, 0.29) is 0 Å². The van der Waals surface area contributed by atoms with Crippen molar-refractivity contribution in [3.05, 3.63) is 40.1 Å². The fraction of sp³-hybridized carbons (Fsp3) is 0.182. The summed E-state index contributed by atoms with van der Waals surface area (Å²) in [5.74, 6) is 0.763. The first kappa shape index (κ1) is 10.2. The number of nitrogens with zero attached hydrogens (tertiary/aromatic N) is 1. The van der Waals surface area contributed by atoms with Gasteiger partial charge in [0.1, 0.15) is 0 Å². The van der Waals surface area contributed by atoms with E-state index in [0.717, 1.165) is 21.8 Å². The third-order valence-electron chi connectivity index (χ3n) is 2.15. The van der Waals surface area contributed by atoms with Gasteiger partial charge in [0, 0.05) is 16.4 Å². The molecule has 0 unspecified atom stereocenters. The average Bonchev–Trinajstić information content (AvgIpc) is 2.59. The number of aromatic amines is 1. The van der Waals surface area contributed by atoms with E-state index in [9.17, 15) is 0 Å². The van der Waals surface area contributed by atoms with Gasteiger partial charge in [0.2, 0.25) is 5.95 Å². The maximum atomic E-state index is 4.19. The highest BCUT2D eigenvalue weighted by molar-refractivity contribution is 9.10. The molecule has 0 amide bonds. The molecule has 0 aliphatic heterocycles. The number of hydrogen-bond donors (Lipinski definition) is 2. The molecule has 15 heavy (non-hydrogen) atoms. The van der Waals surface area contributed by atoms with E-state index in [2.05, 4.69) is 44.2 Å². The van der Waals surface area contributed by atoms with Gasteiger partial charge >= 0.3 is 0 Å². The largest absolute Gasteiger partial charge is 0.328 e. The van der Waals surface area contributed by atoms with Crippen molar-refractivity contribution >= 4 is 27.6 Å². The summed E-state index contributed by atoms with van der Waals surface area (Å²) in [6.07, 6.45) is 1.80. The molecule has 0 bridgehead atoms. The van der Waals surface area contributed by atoms with Crippen molar-refractivity contribution in [1.82, 2.24) is 9.97 Å². The zero-order chi connectivity index (χ0) is 10.8. The topological polar surface area (TPSA) is 40.7 Å². The van der Waals surface area contributed by atoms with Gasteiger partial charge in [-0.2, -0.15) is 0 Å². The van der Waals surface area contributed by atoms with Crippen molar-refractivity contribution in [2.45, 2.75) is 13.8 Å². The molecule has 1 aromatic carbocycles. The van der Waals surface area contributed by atoms with E-state index < -0.39 is 0 Å². The first-order chi connectivity index (χ1) is 7.16. The average molecular weight is 266 g/mol. The Bertz CT molecular complexity index is 476. The minimum absolute atomic E-state index is 0.763. The van der Waals surface area contributed by atoms with Gasteiger partial charge in [-0.25, -0.2) is 4.98 Å². The molecule has 0 aliphatic rings. The second kappa shape index (κ2) is 4.06. The Morgan fingerprint density at radius 2 is 2.13 bits per heavy atom. The molecule has 0 spiro atoms. The lowest BCUT2D eigenvalue weighted by Gasteiger charge is -2.07. The van der Waals surface area contributed by atoms with Gasteiger partial charge < -0.3 is 10.3 Å². The molecule has 2 aromatic rings. The molecule has 2 N–H and O–H groups in total. The van der Waals surface area contributed by atoms with Crippen LogP contribution in [-0.4, -0.2) is 9.97 Å². The van der Waals surface area contributed by atoms with Crippen LogP contribution in [0.5, 0.6) is 0 Å². The lowest BCUT2D eigenvalue weighted by molar-refractivity contribution is 1.24. The quantitative estimate of drug-likeness (QED) is 0.872. The van der Waals surface area contributed by atoms with Crippen LogP contribution in [0.25, 0.3) is 0 Å². The summed E-state index contributed by atoms with van der Waals surface area (Å²) in [6.45, 7) is 4.03. The van der Waals surface area contributed by atoms with Gasteiger partial charge in [0.05, 0.1) is 5.69 Å². The summed E-state index contributed by atoms with van der Waals surface area (Å²) in [5.41, 5.74) is 3.26. The van der Waals surface area contributed by atoms with Gasteiger partial charge in [-0.15, -0.1) is 0 Å². The molecule has 0 aliphatic carbocycles. The number of H-pyrrole nitrogens is 1. The Hall–Kier alpha value is -1.29. The maximum Gasteiger partial charge on any atom is 0.204 e. The van der Waals surface area contributed by atoms with Crippen LogP contribution in [0, 0.1) is 13.8 Å². The lowest BCUT2D eigenvalue weighted by Crippen LogP contribution is -1.94. The molecule has 1 aromatic heterocycles. The minimum Gasteiger partial charge on any atom is -0.328 e. The number of benzene rings is 1. The third kappa shape index (κ3) is 2.21.